The molecule has 0 saturated carbocycles. The Morgan fingerprint density at radius 3 is 2.95 bits per heavy atom. The first-order chi connectivity index (χ1) is 9.77. The van der Waals surface area contributed by atoms with Crippen LogP contribution >= 0.6 is 0 Å². The molecule has 2 heterocycles. The second kappa shape index (κ2) is 5.96. The summed E-state index contributed by atoms with van der Waals surface area (Å²) in [6.07, 6.45) is 5.51. The fraction of sp³-hybridized carbons (Fsp3) is 0.588. The second-order valence-corrected chi connectivity index (χ2v) is 6.07. The van der Waals surface area contributed by atoms with Crippen LogP contribution in [0.5, 0.6) is 0 Å². The molecule has 2 aliphatic rings. The summed E-state index contributed by atoms with van der Waals surface area (Å²) in [6, 6.07) is 8.71. The van der Waals surface area contributed by atoms with Gasteiger partial charge in [0.15, 0.2) is 0 Å². The third kappa shape index (κ3) is 2.59. The lowest BCUT2D eigenvalue weighted by Crippen LogP contribution is -2.48. The van der Waals surface area contributed by atoms with Gasteiger partial charge in [0.05, 0.1) is 5.92 Å². The average molecular weight is 272 g/mol. The number of carbonyl (C=O) groups is 1. The molecule has 0 aromatic heterocycles. The Bertz CT molecular complexity index is 486. The summed E-state index contributed by atoms with van der Waals surface area (Å²) in [6.45, 7) is 4.06. The minimum Gasteiger partial charge on any atom is -0.313 e. The van der Waals surface area contributed by atoms with Crippen molar-refractivity contribution >= 4 is 11.6 Å². The zero-order valence-corrected chi connectivity index (χ0v) is 12.3. The topological polar surface area (TPSA) is 32.3 Å². The second-order valence-electron chi connectivity index (χ2n) is 6.07. The number of piperidine rings is 1. The molecule has 1 saturated heterocycles. The van der Waals surface area contributed by atoms with E-state index < -0.39 is 0 Å². The first-order valence-electron chi connectivity index (χ1n) is 7.90. The van der Waals surface area contributed by atoms with Gasteiger partial charge in [-0.15, -0.1) is 0 Å². The fourth-order valence-electron chi connectivity index (χ4n) is 3.50. The van der Waals surface area contributed by atoms with Gasteiger partial charge in [0.25, 0.3) is 0 Å². The molecular weight excluding hydrogens is 248 g/mol. The van der Waals surface area contributed by atoms with Crippen molar-refractivity contribution in [1.29, 1.82) is 0 Å². The molecule has 2 unspecified atom stereocenters. The molecule has 1 aromatic carbocycles. The summed E-state index contributed by atoms with van der Waals surface area (Å²) in [7, 11) is 0. The predicted octanol–water partition coefficient (Wildman–Crippen LogP) is 2.74. The average Bonchev–Trinajstić information content (AvgIpc) is 2.69. The van der Waals surface area contributed by atoms with Crippen molar-refractivity contribution < 1.29 is 4.79 Å². The predicted molar refractivity (Wildman–Crippen MR) is 81.9 cm³/mol. The van der Waals surface area contributed by atoms with Gasteiger partial charge in [0.2, 0.25) is 5.91 Å². The first kappa shape index (κ1) is 13.6. The maximum atomic E-state index is 13.0. The normalized spacial score (nSPS) is 26.8. The molecule has 0 bridgehead atoms. The van der Waals surface area contributed by atoms with E-state index in [4.69, 9.17) is 0 Å². The van der Waals surface area contributed by atoms with Crippen LogP contribution in [-0.2, 0) is 11.2 Å². The molecule has 0 spiro atoms. The van der Waals surface area contributed by atoms with E-state index in [1.54, 1.807) is 0 Å². The van der Waals surface area contributed by atoms with Crippen LogP contribution in [0.3, 0.4) is 0 Å². The Morgan fingerprint density at radius 1 is 1.25 bits per heavy atom. The zero-order valence-electron chi connectivity index (χ0n) is 12.3. The minimum absolute atomic E-state index is 0.134. The lowest BCUT2D eigenvalue weighted by atomic mass is 9.90. The van der Waals surface area contributed by atoms with Crippen molar-refractivity contribution in [2.75, 3.05) is 18.0 Å². The largest absolute Gasteiger partial charge is 0.313 e. The zero-order chi connectivity index (χ0) is 13.9. The molecule has 20 heavy (non-hydrogen) atoms. The van der Waals surface area contributed by atoms with Gasteiger partial charge in [-0.2, -0.15) is 0 Å². The number of benzene rings is 1. The number of aryl methyl sites for hydroxylation is 1. The van der Waals surface area contributed by atoms with E-state index in [0.29, 0.717) is 11.9 Å². The van der Waals surface area contributed by atoms with E-state index >= 15 is 0 Å². The van der Waals surface area contributed by atoms with Gasteiger partial charge < -0.3 is 10.2 Å². The highest BCUT2D eigenvalue weighted by Gasteiger charge is 2.32. The fourth-order valence-corrected chi connectivity index (χ4v) is 3.50. The maximum absolute atomic E-state index is 13.0. The van der Waals surface area contributed by atoms with E-state index in [2.05, 4.69) is 35.3 Å². The van der Waals surface area contributed by atoms with E-state index in [1.807, 2.05) is 6.07 Å². The monoisotopic (exact) mass is 272 g/mol. The molecule has 2 atom stereocenters. The number of hydrogen-bond donors (Lipinski definition) is 1. The van der Waals surface area contributed by atoms with Gasteiger partial charge >= 0.3 is 0 Å². The number of carbonyl (C=O) groups excluding carboxylic acids is 1. The summed E-state index contributed by atoms with van der Waals surface area (Å²) in [5, 5.41) is 3.44. The van der Waals surface area contributed by atoms with E-state index in [-0.39, 0.29) is 5.92 Å². The number of nitrogens with one attached hydrogen (secondary N) is 1. The number of nitrogens with zero attached hydrogens (tertiary/aromatic N) is 1. The van der Waals surface area contributed by atoms with Crippen molar-refractivity contribution in [3.8, 4) is 0 Å². The molecule has 2 aliphatic heterocycles. The highest BCUT2D eigenvalue weighted by atomic mass is 16.2. The van der Waals surface area contributed by atoms with Crippen LogP contribution in [0, 0.1) is 5.92 Å². The van der Waals surface area contributed by atoms with Crippen LogP contribution in [-0.4, -0.2) is 25.0 Å². The minimum atomic E-state index is 0.134. The quantitative estimate of drug-likeness (QED) is 0.852. The smallest absolute Gasteiger partial charge is 0.231 e. The van der Waals surface area contributed by atoms with Crippen LogP contribution in [0.25, 0.3) is 0 Å². The third-order valence-electron chi connectivity index (χ3n) is 4.71. The maximum Gasteiger partial charge on any atom is 0.231 e. The SMILES string of the molecule is CC1NCCCC1C(=O)N1CCCCc2ccccc21. The Morgan fingerprint density at radius 2 is 2.10 bits per heavy atom. The van der Waals surface area contributed by atoms with Gasteiger partial charge in [0.1, 0.15) is 0 Å². The van der Waals surface area contributed by atoms with Gasteiger partial charge in [-0.3, -0.25) is 4.79 Å². The molecular formula is C17H24N2O. The number of fused-ring (bicyclic) bond motifs is 1. The van der Waals surface area contributed by atoms with Crippen molar-refractivity contribution in [2.45, 2.75) is 45.1 Å². The summed E-state index contributed by atoms with van der Waals surface area (Å²) in [5.74, 6) is 0.453. The van der Waals surface area contributed by atoms with E-state index in [0.717, 1.165) is 44.5 Å². The highest BCUT2D eigenvalue weighted by Crippen LogP contribution is 2.29. The number of amides is 1. The van der Waals surface area contributed by atoms with Crippen LogP contribution in [0.2, 0.25) is 0 Å². The lowest BCUT2D eigenvalue weighted by molar-refractivity contribution is -0.123. The Kier molecular flexibility index (Phi) is 4.06. The summed E-state index contributed by atoms with van der Waals surface area (Å²) in [5.41, 5.74) is 2.47. The van der Waals surface area contributed by atoms with Crippen molar-refractivity contribution in [3.05, 3.63) is 29.8 Å². The third-order valence-corrected chi connectivity index (χ3v) is 4.71. The molecule has 1 N–H and O–H groups in total. The van der Waals surface area contributed by atoms with E-state index in [9.17, 15) is 4.79 Å². The Labute approximate surface area is 121 Å². The number of rotatable bonds is 1. The highest BCUT2D eigenvalue weighted by molar-refractivity contribution is 5.96. The van der Waals surface area contributed by atoms with Gasteiger partial charge in [-0.05, 0) is 57.2 Å². The summed E-state index contributed by atoms with van der Waals surface area (Å²) < 4.78 is 0. The molecule has 3 rings (SSSR count). The molecule has 3 heteroatoms. The lowest BCUT2D eigenvalue weighted by Gasteiger charge is -2.34. The molecule has 108 valence electrons. The van der Waals surface area contributed by atoms with Crippen LogP contribution in [0.4, 0.5) is 5.69 Å². The standard InChI is InChI=1S/C17H24N2O/c1-13-15(9-6-11-18-13)17(20)19-12-5-4-8-14-7-2-3-10-16(14)19/h2-3,7,10,13,15,18H,4-6,8-9,11-12H2,1H3. The van der Waals surface area contributed by atoms with Gasteiger partial charge in [-0.1, -0.05) is 18.2 Å². The molecule has 1 aromatic rings. The molecule has 0 aliphatic carbocycles. The summed E-state index contributed by atoms with van der Waals surface area (Å²) >= 11 is 0. The Balaban J connectivity index is 1.87. The van der Waals surface area contributed by atoms with Crippen molar-refractivity contribution in [3.63, 3.8) is 0 Å². The molecule has 1 amide bonds. The van der Waals surface area contributed by atoms with Crippen LogP contribution in [0.1, 0.15) is 38.2 Å². The molecule has 1 fully saturated rings. The molecule has 0 radical (unpaired) electrons. The first-order valence-corrected chi connectivity index (χ1v) is 7.90. The summed E-state index contributed by atoms with van der Waals surface area (Å²) in [4.78, 5) is 15.0. The number of anilines is 1. The Hall–Kier alpha value is -1.35. The van der Waals surface area contributed by atoms with Crippen molar-refractivity contribution in [1.82, 2.24) is 5.32 Å². The van der Waals surface area contributed by atoms with Crippen molar-refractivity contribution in [2.24, 2.45) is 5.92 Å². The van der Waals surface area contributed by atoms with E-state index in [1.165, 1.54) is 12.0 Å². The van der Waals surface area contributed by atoms with Gasteiger partial charge in [0, 0.05) is 18.3 Å². The number of hydrogen-bond acceptors (Lipinski definition) is 2. The van der Waals surface area contributed by atoms with Crippen LogP contribution < -0.4 is 10.2 Å². The molecule has 3 nitrogen and oxygen atoms in total. The van der Waals surface area contributed by atoms with Gasteiger partial charge in [-0.25, -0.2) is 0 Å². The number of para-hydroxylation sites is 1. The van der Waals surface area contributed by atoms with Crippen LogP contribution in [0.15, 0.2) is 24.3 Å².